The standard InChI is InChI=1S/C15H28N4S/c1-15(2,3)13-12(10-16)20-14(17-13)19-8-6-11(7-9-19)18(4)5/h11H,6-10,16H2,1-5H3. The van der Waals surface area contributed by atoms with Gasteiger partial charge >= 0.3 is 0 Å². The molecule has 20 heavy (non-hydrogen) atoms. The van der Waals surface area contributed by atoms with Gasteiger partial charge in [-0.15, -0.1) is 11.3 Å². The predicted octanol–water partition coefficient (Wildman–Crippen LogP) is 2.43. The Balaban J connectivity index is 2.13. The number of anilines is 1. The molecular formula is C15H28N4S. The van der Waals surface area contributed by atoms with Crippen LogP contribution in [0, 0.1) is 0 Å². The van der Waals surface area contributed by atoms with Crippen LogP contribution in [0.25, 0.3) is 0 Å². The Morgan fingerprint density at radius 3 is 2.30 bits per heavy atom. The molecule has 0 atom stereocenters. The number of rotatable bonds is 3. The van der Waals surface area contributed by atoms with Gasteiger partial charge in [-0.25, -0.2) is 4.98 Å². The van der Waals surface area contributed by atoms with E-state index in [0.29, 0.717) is 12.6 Å². The molecule has 0 amide bonds. The fourth-order valence-corrected chi connectivity index (χ4v) is 3.97. The smallest absolute Gasteiger partial charge is 0.185 e. The Morgan fingerprint density at radius 2 is 1.90 bits per heavy atom. The zero-order valence-electron chi connectivity index (χ0n) is 13.4. The minimum atomic E-state index is 0.0748. The summed E-state index contributed by atoms with van der Waals surface area (Å²) < 4.78 is 0. The van der Waals surface area contributed by atoms with Crippen LogP contribution in [0.1, 0.15) is 44.2 Å². The summed E-state index contributed by atoms with van der Waals surface area (Å²) in [5, 5.41) is 1.16. The molecule has 1 aliphatic heterocycles. The van der Waals surface area contributed by atoms with E-state index in [9.17, 15) is 0 Å². The highest BCUT2D eigenvalue weighted by molar-refractivity contribution is 7.15. The van der Waals surface area contributed by atoms with Crippen LogP contribution >= 0.6 is 11.3 Å². The van der Waals surface area contributed by atoms with Crippen LogP contribution in [-0.4, -0.2) is 43.1 Å². The lowest BCUT2D eigenvalue weighted by atomic mass is 9.91. The molecule has 5 heteroatoms. The summed E-state index contributed by atoms with van der Waals surface area (Å²) in [5.41, 5.74) is 7.15. The lowest BCUT2D eigenvalue weighted by Crippen LogP contribution is -2.42. The van der Waals surface area contributed by atoms with E-state index in [1.807, 2.05) is 0 Å². The van der Waals surface area contributed by atoms with Gasteiger partial charge < -0.3 is 15.5 Å². The Bertz CT molecular complexity index is 439. The molecule has 0 radical (unpaired) electrons. The van der Waals surface area contributed by atoms with E-state index in [1.54, 1.807) is 11.3 Å². The first kappa shape index (κ1) is 15.7. The lowest BCUT2D eigenvalue weighted by molar-refractivity contribution is 0.249. The first-order valence-corrected chi connectivity index (χ1v) is 8.26. The SMILES string of the molecule is CN(C)C1CCN(c2nc(C(C)(C)C)c(CN)s2)CC1. The van der Waals surface area contributed by atoms with Gasteiger partial charge in [0.05, 0.1) is 5.69 Å². The average Bonchev–Trinajstić information content (AvgIpc) is 2.83. The van der Waals surface area contributed by atoms with Gasteiger partial charge in [-0.1, -0.05) is 20.8 Å². The maximum absolute atomic E-state index is 5.90. The highest BCUT2D eigenvalue weighted by Crippen LogP contribution is 2.34. The predicted molar refractivity (Wildman–Crippen MR) is 87.6 cm³/mol. The Hall–Kier alpha value is -0.650. The Labute approximate surface area is 127 Å². The molecule has 0 aromatic carbocycles. The lowest BCUT2D eigenvalue weighted by Gasteiger charge is -2.35. The molecule has 1 aromatic heterocycles. The van der Waals surface area contributed by atoms with Crippen molar-refractivity contribution in [3.63, 3.8) is 0 Å². The number of nitrogens with zero attached hydrogens (tertiary/aromatic N) is 3. The topological polar surface area (TPSA) is 45.4 Å². The molecule has 0 aliphatic carbocycles. The van der Waals surface area contributed by atoms with Gasteiger partial charge in [-0.2, -0.15) is 0 Å². The normalized spacial score (nSPS) is 18.1. The second-order valence-corrected chi connectivity index (χ2v) is 7.97. The third kappa shape index (κ3) is 3.32. The monoisotopic (exact) mass is 296 g/mol. The van der Waals surface area contributed by atoms with Crippen molar-refractivity contribution in [2.24, 2.45) is 5.73 Å². The zero-order valence-corrected chi connectivity index (χ0v) is 14.3. The van der Waals surface area contributed by atoms with Gasteiger partial charge in [-0.3, -0.25) is 0 Å². The summed E-state index contributed by atoms with van der Waals surface area (Å²) >= 11 is 1.78. The molecule has 4 nitrogen and oxygen atoms in total. The van der Waals surface area contributed by atoms with E-state index in [0.717, 1.165) is 18.2 Å². The van der Waals surface area contributed by atoms with Crippen LogP contribution in [0.4, 0.5) is 5.13 Å². The van der Waals surface area contributed by atoms with Gasteiger partial charge in [-0.05, 0) is 26.9 Å². The molecule has 1 fully saturated rings. The maximum atomic E-state index is 5.90. The number of thiazole rings is 1. The van der Waals surface area contributed by atoms with Crippen molar-refractivity contribution in [2.45, 2.75) is 51.6 Å². The fraction of sp³-hybridized carbons (Fsp3) is 0.800. The van der Waals surface area contributed by atoms with Crippen LogP contribution in [0.5, 0.6) is 0 Å². The van der Waals surface area contributed by atoms with Crippen molar-refractivity contribution in [1.29, 1.82) is 0 Å². The van der Waals surface area contributed by atoms with Gasteiger partial charge in [0.25, 0.3) is 0 Å². The van der Waals surface area contributed by atoms with E-state index in [1.165, 1.54) is 23.4 Å². The molecule has 1 saturated heterocycles. The summed E-state index contributed by atoms with van der Waals surface area (Å²) in [7, 11) is 4.35. The summed E-state index contributed by atoms with van der Waals surface area (Å²) in [4.78, 5) is 10.9. The van der Waals surface area contributed by atoms with E-state index >= 15 is 0 Å². The molecule has 0 saturated carbocycles. The van der Waals surface area contributed by atoms with Crippen LogP contribution in [0.3, 0.4) is 0 Å². The third-order valence-corrected chi connectivity index (χ3v) is 5.19. The maximum Gasteiger partial charge on any atom is 0.185 e. The summed E-state index contributed by atoms with van der Waals surface area (Å²) in [6.07, 6.45) is 2.44. The van der Waals surface area contributed by atoms with E-state index in [-0.39, 0.29) is 5.41 Å². The van der Waals surface area contributed by atoms with Crippen molar-refractivity contribution >= 4 is 16.5 Å². The first-order valence-electron chi connectivity index (χ1n) is 7.44. The molecule has 0 bridgehead atoms. The van der Waals surface area contributed by atoms with Crippen LogP contribution in [0.2, 0.25) is 0 Å². The van der Waals surface area contributed by atoms with Crippen molar-refractivity contribution < 1.29 is 0 Å². The number of hydrogen-bond donors (Lipinski definition) is 1. The number of nitrogens with two attached hydrogens (primary N) is 1. The van der Waals surface area contributed by atoms with Gasteiger partial charge in [0.1, 0.15) is 0 Å². The first-order chi connectivity index (χ1) is 9.32. The number of piperidine rings is 1. The van der Waals surface area contributed by atoms with Gasteiger partial charge in [0.15, 0.2) is 5.13 Å². The molecular weight excluding hydrogens is 268 g/mol. The second kappa shape index (κ2) is 6.00. The van der Waals surface area contributed by atoms with E-state index in [2.05, 4.69) is 44.7 Å². The van der Waals surface area contributed by atoms with Crippen molar-refractivity contribution in [3.05, 3.63) is 10.6 Å². The summed E-state index contributed by atoms with van der Waals surface area (Å²) in [6, 6.07) is 0.710. The van der Waals surface area contributed by atoms with Crippen LogP contribution in [-0.2, 0) is 12.0 Å². The fourth-order valence-electron chi connectivity index (χ4n) is 2.77. The quantitative estimate of drug-likeness (QED) is 0.930. The molecule has 114 valence electrons. The minimum absolute atomic E-state index is 0.0748. The van der Waals surface area contributed by atoms with Crippen LogP contribution in [0.15, 0.2) is 0 Å². The summed E-state index contributed by atoms with van der Waals surface area (Å²) in [5.74, 6) is 0. The van der Waals surface area contributed by atoms with Crippen molar-refractivity contribution in [3.8, 4) is 0 Å². The van der Waals surface area contributed by atoms with Crippen LogP contribution < -0.4 is 10.6 Å². The number of aromatic nitrogens is 1. The Morgan fingerprint density at radius 1 is 1.30 bits per heavy atom. The van der Waals surface area contributed by atoms with Crippen molar-refractivity contribution in [2.75, 3.05) is 32.1 Å². The molecule has 2 rings (SSSR count). The van der Waals surface area contributed by atoms with Crippen molar-refractivity contribution in [1.82, 2.24) is 9.88 Å². The van der Waals surface area contributed by atoms with Gasteiger partial charge in [0, 0.05) is 36.0 Å². The minimum Gasteiger partial charge on any atom is -0.348 e. The second-order valence-electron chi connectivity index (χ2n) is 6.90. The molecule has 2 heterocycles. The van der Waals surface area contributed by atoms with E-state index in [4.69, 9.17) is 10.7 Å². The molecule has 0 unspecified atom stereocenters. The summed E-state index contributed by atoms with van der Waals surface area (Å²) in [6.45, 7) is 9.43. The highest BCUT2D eigenvalue weighted by Gasteiger charge is 2.27. The third-order valence-electron chi connectivity index (χ3n) is 4.05. The zero-order chi connectivity index (χ0) is 14.9. The Kier molecular flexibility index (Phi) is 4.72. The average molecular weight is 296 g/mol. The molecule has 2 N–H and O–H groups in total. The number of hydrogen-bond acceptors (Lipinski definition) is 5. The molecule has 0 spiro atoms. The highest BCUT2D eigenvalue weighted by atomic mass is 32.1. The van der Waals surface area contributed by atoms with Gasteiger partial charge in [0.2, 0.25) is 0 Å². The van der Waals surface area contributed by atoms with E-state index < -0.39 is 0 Å². The molecule has 1 aromatic rings. The molecule has 1 aliphatic rings. The largest absolute Gasteiger partial charge is 0.348 e.